The second-order valence-electron chi connectivity index (χ2n) is 3.84. The summed E-state index contributed by atoms with van der Waals surface area (Å²) in [5, 5.41) is 12.2. The second kappa shape index (κ2) is 6.16. The van der Waals surface area contributed by atoms with Crippen molar-refractivity contribution in [3.63, 3.8) is 0 Å². The number of benzene rings is 1. The van der Waals surface area contributed by atoms with Crippen molar-refractivity contribution in [1.82, 2.24) is 0 Å². The third-order valence-corrected chi connectivity index (χ3v) is 2.78. The highest BCUT2D eigenvalue weighted by Crippen LogP contribution is 2.16. The van der Waals surface area contributed by atoms with Gasteiger partial charge in [0, 0.05) is 12.2 Å². The summed E-state index contributed by atoms with van der Waals surface area (Å²) < 4.78 is 0. The van der Waals surface area contributed by atoms with Gasteiger partial charge in [-0.1, -0.05) is 32.0 Å². The number of anilines is 1. The van der Waals surface area contributed by atoms with Crippen LogP contribution in [-0.4, -0.2) is 17.6 Å². The Hall–Kier alpha value is -1.51. The minimum absolute atomic E-state index is 0.315. The Kier molecular flexibility index (Phi) is 4.83. The van der Waals surface area contributed by atoms with Gasteiger partial charge in [-0.3, -0.25) is 4.79 Å². The highest BCUT2D eigenvalue weighted by Gasteiger charge is 2.14. The van der Waals surface area contributed by atoms with Gasteiger partial charge in [0.2, 0.25) is 0 Å². The predicted octanol–water partition coefficient (Wildman–Crippen LogP) is 2.77. The highest BCUT2D eigenvalue weighted by molar-refractivity contribution is 5.70. The number of hydrogen-bond acceptors (Lipinski definition) is 2. The number of carboxylic acids is 1. The molecule has 88 valence electrons. The molecule has 0 spiro atoms. The first-order chi connectivity index (χ1) is 7.69. The predicted molar refractivity (Wildman–Crippen MR) is 65.7 cm³/mol. The first-order valence-electron chi connectivity index (χ1n) is 5.73. The largest absolute Gasteiger partial charge is 0.481 e. The molecule has 0 amide bonds. The number of para-hydroxylation sites is 1. The molecule has 0 radical (unpaired) electrons. The summed E-state index contributed by atoms with van der Waals surface area (Å²) in [6.07, 6.45) is 1.60. The van der Waals surface area contributed by atoms with E-state index in [0.29, 0.717) is 13.0 Å². The number of carbonyl (C=O) groups is 1. The van der Waals surface area contributed by atoms with Gasteiger partial charge in [0.25, 0.3) is 0 Å². The molecule has 0 aromatic heterocycles. The molecule has 0 bridgehead atoms. The Morgan fingerprint density at radius 1 is 1.38 bits per heavy atom. The summed E-state index contributed by atoms with van der Waals surface area (Å²) in [7, 11) is 0. The third-order valence-electron chi connectivity index (χ3n) is 2.78. The average molecular weight is 221 g/mol. The van der Waals surface area contributed by atoms with Crippen molar-refractivity contribution in [2.24, 2.45) is 5.92 Å². The van der Waals surface area contributed by atoms with E-state index < -0.39 is 5.97 Å². The maximum absolute atomic E-state index is 10.9. The van der Waals surface area contributed by atoms with E-state index in [1.807, 2.05) is 25.1 Å². The van der Waals surface area contributed by atoms with Crippen LogP contribution in [0.3, 0.4) is 0 Å². The lowest BCUT2D eigenvalue weighted by Gasteiger charge is -2.14. The van der Waals surface area contributed by atoms with Crippen LogP contribution >= 0.6 is 0 Å². The van der Waals surface area contributed by atoms with Gasteiger partial charge in [0.05, 0.1) is 5.92 Å². The van der Waals surface area contributed by atoms with E-state index in [1.54, 1.807) is 0 Å². The molecule has 1 atom stereocenters. The standard InChI is InChI=1S/C13H19NO2/c1-3-10-7-5-6-8-12(10)14-9-11(4-2)13(15)16/h5-8,11,14H,3-4,9H2,1-2H3,(H,15,16). The molecular weight excluding hydrogens is 202 g/mol. The van der Waals surface area contributed by atoms with E-state index in [4.69, 9.17) is 5.11 Å². The van der Waals surface area contributed by atoms with Crippen molar-refractivity contribution >= 4 is 11.7 Å². The van der Waals surface area contributed by atoms with Crippen LogP contribution in [0, 0.1) is 5.92 Å². The molecule has 0 saturated carbocycles. The fourth-order valence-corrected chi connectivity index (χ4v) is 1.64. The van der Waals surface area contributed by atoms with Gasteiger partial charge in [-0.25, -0.2) is 0 Å². The quantitative estimate of drug-likeness (QED) is 0.776. The van der Waals surface area contributed by atoms with Gasteiger partial charge in [-0.2, -0.15) is 0 Å². The molecule has 0 fully saturated rings. The number of carboxylic acid groups (broad SMARTS) is 1. The fourth-order valence-electron chi connectivity index (χ4n) is 1.64. The minimum atomic E-state index is -0.732. The molecule has 0 heterocycles. The molecular formula is C13H19NO2. The Balaban J connectivity index is 2.63. The summed E-state index contributed by atoms with van der Waals surface area (Å²) in [6.45, 7) is 4.48. The average Bonchev–Trinajstić information content (AvgIpc) is 2.30. The lowest BCUT2D eigenvalue weighted by molar-refractivity contribution is -0.141. The monoisotopic (exact) mass is 221 g/mol. The van der Waals surface area contributed by atoms with Crippen LogP contribution in [0.15, 0.2) is 24.3 Å². The number of hydrogen-bond donors (Lipinski definition) is 2. The van der Waals surface area contributed by atoms with Crippen LogP contribution < -0.4 is 5.32 Å². The van der Waals surface area contributed by atoms with Crippen molar-refractivity contribution in [2.75, 3.05) is 11.9 Å². The van der Waals surface area contributed by atoms with Crippen LogP contribution in [0.4, 0.5) is 5.69 Å². The number of rotatable bonds is 6. The van der Waals surface area contributed by atoms with Crippen molar-refractivity contribution in [3.8, 4) is 0 Å². The SMILES string of the molecule is CCc1ccccc1NCC(CC)C(=O)O. The zero-order chi connectivity index (χ0) is 12.0. The first kappa shape index (κ1) is 12.6. The molecule has 0 aliphatic heterocycles. The minimum Gasteiger partial charge on any atom is -0.481 e. The van der Waals surface area contributed by atoms with E-state index >= 15 is 0 Å². The maximum Gasteiger partial charge on any atom is 0.308 e. The van der Waals surface area contributed by atoms with Gasteiger partial charge >= 0.3 is 5.97 Å². The zero-order valence-electron chi connectivity index (χ0n) is 9.86. The molecule has 16 heavy (non-hydrogen) atoms. The van der Waals surface area contributed by atoms with Crippen molar-refractivity contribution in [3.05, 3.63) is 29.8 Å². The molecule has 0 aliphatic carbocycles. The van der Waals surface area contributed by atoms with Crippen molar-refractivity contribution < 1.29 is 9.90 Å². The summed E-state index contributed by atoms with van der Waals surface area (Å²) in [5.74, 6) is -1.05. The zero-order valence-corrected chi connectivity index (χ0v) is 9.86. The van der Waals surface area contributed by atoms with Crippen LogP contribution in [-0.2, 0) is 11.2 Å². The highest BCUT2D eigenvalue weighted by atomic mass is 16.4. The summed E-state index contributed by atoms with van der Waals surface area (Å²) >= 11 is 0. The number of nitrogens with one attached hydrogen (secondary N) is 1. The van der Waals surface area contributed by atoms with E-state index in [-0.39, 0.29) is 5.92 Å². The number of aryl methyl sites for hydroxylation is 1. The Labute approximate surface area is 96.5 Å². The molecule has 1 rings (SSSR count). The topological polar surface area (TPSA) is 49.3 Å². The lowest BCUT2D eigenvalue weighted by Crippen LogP contribution is -2.22. The van der Waals surface area contributed by atoms with E-state index in [1.165, 1.54) is 5.56 Å². The molecule has 3 nitrogen and oxygen atoms in total. The summed E-state index contributed by atoms with van der Waals surface area (Å²) in [4.78, 5) is 10.9. The van der Waals surface area contributed by atoms with Crippen LogP contribution in [0.5, 0.6) is 0 Å². The molecule has 2 N–H and O–H groups in total. The third kappa shape index (κ3) is 3.26. The van der Waals surface area contributed by atoms with Crippen molar-refractivity contribution in [1.29, 1.82) is 0 Å². The van der Waals surface area contributed by atoms with E-state index in [9.17, 15) is 4.79 Å². The molecule has 3 heteroatoms. The Bertz CT molecular complexity index is 350. The Morgan fingerprint density at radius 3 is 2.62 bits per heavy atom. The van der Waals surface area contributed by atoms with Gasteiger partial charge in [-0.05, 0) is 24.5 Å². The molecule has 1 unspecified atom stereocenters. The molecule has 0 saturated heterocycles. The van der Waals surface area contributed by atoms with Crippen LogP contribution in [0.2, 0.25) is 0 Å². The van der Waals surface area contributed by atoms with Crippen LogP contribution in [0.25, 0.3) is 0 Å². The van der Waals surface area contributed by atoms with E-state index in [0.717, 1.165) is 12.1 Å². The smallest absolute Gasteiger partial charge is 0.308 e. The summed E-state index contributed by atoms with van der Waals surface area (Å²) in [6, 6.07) is 8.01. The second-order valence-corrected chi connectivity index (χ2v) is 3.84. The summed E-state index contributed by atoms with van der Waals surface area (Å²) in [5.41, 5.74) is 2.27. The number of aliphatic carboxylic acids is 1. The van der Waals surface area contributed by atoms with E-state index in [2.05, 4.69) is 18.3 Å². The molecule has 1 aromatic rings. The normalized spacial score (nSPS) is 12.1. The van der Waals surface area contributed by atoms with Gasteiger partial charge in [-0.15, -0.1) is 0 Å². The molecule has 1 aromatic carbocycles. The maximum atomic E-state index is 10.9. The van der Waals surface area contributed by atoms with Crippen molar-refractivity contribution in [2.45, 2.75) is 26.7 Å². The van der Waals surface area contributed by atoms with Gasteiger partial charge < -0.3 is 10.4 Å². The first-order valence-corrected chi connectivity index (χ1v) is 5.73. The van der Waals surface area contributed by atoms with Crippen LogP contribution in [0.1, 0.15) is 25.8 Å². The van der Waals surface area contributed by atoms with Gasteiger partial charge in [0.1, 0.15) is 0 Å². The lowest BCUT2D eigenvalue weighted by atomic mass is 10.1. The van der Waals surface area contributed by atoms with Gasteiger partial charge in [0.15, 0.2) is 0 Å². The Morgan fingerprint density at radius 2 is 2.06 bits per heavy atom. The fraction of sp³-hybridized carbons (Fsp3) is 0.462. The molecule has 0 aliphatic rings.